The first-order valence-electron chi connectivity index (χ1n) is 9.16. The molecule has 1 heterocycles. The van der Waals surface area contributed by atoms with E-state index in [1.54, 1.807) is 0 Å². The Balaban J connectivity index is 1.78. The van der Waals surface area contributed by atoms with Crippen LogP contribution in [0.1, 0.15) is 34.6 Å². The quantitative estimate of drug-likeness (QED) is 0.700. The molecule has 0 aromatic heterocycles. The highest BCUT2D eigenvalue weighted by Crippen LogP contribution is 2.37. The largest absolute Gasteiger partial charge is 0.494 e. The molecule has 0 saturated heterocycles. The highest BCUT2D eigenvalue weighted by atomic mass is 16.5. The Labute approximate surface area is 159 Å². The first-order chi connectivity index (χ1) is 13.2. The van der Waals surface area contributed by atoms with Gasteiger partial charge < -0.3 is 10.1 Å². The molecule has 0 fully saturated rings. The van der Waals surface area contributed by atoms with Gasteiger partial charge in [0.2, 0.25) is 0 Å². The Bertz CT molecular complexity index is 949. The summed E-state index contributed by atoms with van der Waals surface area (Å²) in [5.74, 6) is 0.817. The van der Waals surface area contributed by atoms with Crippen molar-refractivity contribution in [2.75, 3.05) is 16.8 Å². The van der Waals surface area contributed by atoms with E-state index in [0.29, 0.717) is 12.2 Å². The van der Waals surface area contributed by atoms with Gasteiger partial charge >= 0.3 is 0 Å². The molecule has 1 aliphatic rings. The van der Waals surface area contributed by atoms with Crippen molar-refractivity contribution in [2.45, 2.75) is 20.0 Å². The van der Waals surface area contributed by atoms with Gasteiger partial charge in [0.25, 0.3) is 5.91 Å². The maximum atomic E-state index is 13.3. The lowest BCUT2D eigenvalue weighted by Gasteiger charge is -2.38. The van der Waals surface area contributed by atoms with Crippen molar-refractivity contribution >= 4 is 17.3 Å². The van der Waals surface area contributed by atoms with E-state index in [1.807, 2.05) is 91.5 Å². The summed E-state index contributed by atoms with van der Waals surface area (Å²) < 4.78 is 5.55. The molecule has 4 nitrogen and oxygen atoms in total. The van der Waals surface area contributed by atoms with Crippen molar-refractivity contribution in [3.05, 3.63) is 89.5 Å². The van der Waals surface area contributed by atoms with Gasteiger partial charge in [0.15, 0.2) is 0 Å². The van der Waals surface area contributed by atoms with Gasteiger partial charge in [-0.1, -0.05) is 42.0 Å². The van der Waals surface area contributed by atoms with Crippen molar-refractivity contribution in [1.82, 2.24) is 0 Å². The van der Waals surface area contributed by atoms with Crippen LogP contribution in [0.2, 0.25) is 0 Å². The Kier molecular flexibility index (Phi) is 4.55. The molecule has 1 atom stereocenters. The Morgan fingerprint density at radius 2 is 1.67 bits per heavy atom. The first kappa shape index (κ1) is 17.2. The lowest BCUT2D eigenvalue weighted by molar-refractivity contribution is 0.0975. The minimum Gasteiger partial charge on any atom is -0.494 e. The third-order valence-corrected chi connectivity index (χ3v) is 4.75. The maximum Gasteiger partial charge on any atom is 0.262 e. The molecule has 0 saturated carbocycles. The van der Waals surface area contributed by atoms with Gasteiger partial charge in [0, 0.05) is 11.4 Å². The van der Waals surface area contributed by atoms with Crippen LogP contribution >= 0.6 is 0 Å². The van der Waals surface area contributed by atoms with Gasteiger partial charge in [0.05, 0.1) is 12.2 Å². The number of hydrogen-bond donors (Lipinski definition) is 1. The second kappa shape index (κ2) is 7.16. The zero-order valence-corrected chi connectivity index (χ0v) is 15.5. The molecule has 1 aliphatic heterocycles. The van der Waals surface area contributed by atoms with Gasteiger partial charge in [-0.25, -0.2) is 0 Å². The van der Waals surface area contributed by atoms with Crippen LogP contribution in [-0.2, 0) is 0 Å². The van der Waals surface area contributed by atoms with Gasteiger partial charge in [-0.3, -0.25) is 9.69 Å². The molecule has 0 spiro atoms. The Morgan fingerprint density at radius 3 is 2.37 bits per heavy atom. The molecule has 0 radical (unpaired) electrons. The summed E-state index contributed by atoms with van der Waals surface area (Å²) in [6.45, 7) is 4.63. The summed E-state index contributed by atoms with van der Waals surface area (Å²) in [5, 5.41) is 3.52. The number of para-hydroxylation sites is 1. The van der Waals surface area contributed by atoms with Crippen LogP contribution in [0.4, 0.5) is 11.4 Å². The first-order valence-corrected chi connectivity index (χ1v) is 9.16. The standard InChI is InChI=1S/C23H22N2O2/c1-3-27-19-14-10-17(11-15-19)22-24-21-7-5-4-6-20(21)23(26)25(22)18-12-8-16(2)9-13-18/h4-15,22,24H,3H2,1-2H3/t22-/m1/s1. The van der Waals surface area contributed by atoms with Crippen molar-refractivity contribution < 1.29 is 9.53 Å². The molecule has 1 N–H and O–H groups in total. The van der Waals surface area contributed by atoms with Crippen molar-refractivity contribution in [2.24, 2.45) is 0 Å². The van der Waals surface area contributed by atoms with Gasteiger partial charge in [-0.05, 0) is 55.8 Å². The van der Waals surface area contributed by atoms with E-state index in [9.17, 15) is 4.79 Å². The number of hydrogen-bond acceptors (Lipinski definition) is 3. The number of benzene rings is 3. The number of nitrogens with zero attached hydrogens (tertiary/aromatic N) is 1. The van der Waals surface area contributed by atoms with Crippen LogP contribution in [-0.4, -0.2) is 12.5 Å². The number of carbonyl (C=O) groups is 1. The lowest BCUT2D eigenvalue weighted by Crippen LogP contribution is -2.43. The predicted octanol–water partition coefficient (Wildman–Crippen LogP) is 5.16. The fraction of sp³-hybridized carbons (Fsp3) is 0.174. The van der Waals surface area contributed by atoms with Crippen molar-refractivity contribution in [1.29, 1.82) is 0 Å². The average molecular weight is 358 g/mol. The zero-order valence-electron chi connectivity index (χ0n) is 15.5. The van der Waals surface area contributed by atoms with E-state index in [0.717, 1.165) is 28.3 Å². The number of nitrogens with one attached hydrogen (secondary N) is 1. The van der Waals surface area contributed by atoms with E-state index < -0.39 is 0 Å². The van der Waals surface area contributed by atoms with E-state index >= 15 is 0 Å². The highest BCUT2D eigenvalue weighted by Gasteiger charge is 2.33. The van der Waals surface area contributed by atoms with E-state index in [4.69, 9.17) is 4.74 Å². The smallest absolute Gasteiger partial charge is 0.262 e. The number of rotatable bonds is 4. The number of amides is 1. The number of anilines is 2. The van der Waals surface area contributed by atoms with Crippen LogP contribution in [0, 0.1) is 6.92 Å². The second-order valence-electron chi connectivity index (χ2n) is 6.61. The normalized spacial score (nSPS) is 15.9. The summed E-state index contributed by atoms with van der Waals surface area (Å²) >= 11 is 0. The molecule has 0 unspecified atom stereocenters. The molecule has 0 aliphatic carbocycles. The van der Waals surface area contributed by atoms with E-state index in [-0.39, 0.29) is 12.1 Å². The van der Waals surface area contributed by atoms with Crippen LogP contribution < -0.4 is 15.0 Å². The van der Waals surface area contributed by atoms with Crippen LogP contribution in [0.25, 0.3) is 0 Å². The fourth-order valence-corrected chi connectivity index (χ4v) is 3.37. The van der Waals surface area contributed by atoms with E-state index in [1.165, 1.54) is 0 Å². The van der Waals surface area contributed by atoms with Crippen LogP contribution in [0.15, 0.2) is 72.8 Å². The minimum absolute atomic E-state index is 0.00733. The molecule has 1 amide bonds. The van der Waals surface area contributed by atoms with Crippen molar-refractivity contribution in [3.8, 4) is 5.75 Å². The topological polar surface area (TPSA) is 41.6 Å². The average Bonchev–Trinajstić information content (AvgIpc) is 2.70. The predicted molar refractivity (Wildman–Crippen MR) is 108 cm³/mol. The number of fused-ring (bicyclic) bond motifs is 1. The molecule has 3 aromatic rings. The number of carbonyl (C=O) groups excluding carboxylic acids is 1. The molecule has 27 heavy (non-hydrogen) atoms. The molecule has 3 aromatic carbocycles. The molecule has 0 bridgehead atoms. The minimum atomic E-state index is -0.286. The second-order valence-corrected chi connectivity index (χ2v) is 6.61. The SMILES string of the molecule is CCOc1ccc([C@@H]2Nc3ccccc3C(=O)N2c2ccc(C)cc2)cc1. The van der Waals surface area contributed by atoms with Crippen LogP contribution in [0.5, 0.6) is 5.75 Å². The summed E-state index contributed by atoms with van der Waals surface area (Å²) in [5.41, 5.74) is 4.56. The van der Waals surface area contributed by atoms with Crippen LogP contribution in [0.3, 0.4) is 0 Å². The number of aryl methyl sites for hydroxylation is 1. The zero-order chi connectivity index (χ0) is 18.8. The summed E-state index contributed by atoms with van der Waals surface area (Å²) in [7, 11) is 0. The molecular formula is C23H22N2O2. The summed E-state index contributed by atoms with van der Waals surface area (Å²) in [6.07, 6.45) is -0.286. The monoisotopic (exact) mass is 358 g/mol. The van der Waals surface area contributed by atoms with Gasteiger partial charge in [0.1, 0.15) is 11.9 Å². The fourth-order valence-electron chi connectivity index (χ4n) is 3.37. The van der Waals surface area contributed by atoms with E-state index in [2.05, 4.69) is 5.32 Å². The maximum absolute atomic E-state index is 13.3. The Hall–Kier alpha value is -3.27. The lowest BCUT2D eigenvalue weighted by atomic mass is 10.0. The highest BCUT2D eigenvalue weighted by molar-refractivity contribution is 6.12. The molecule has 4 rings (SSSR count). The molecule has 4 heteroatoms. The van der Waals surface area contributed by atoms with Gasteiger partial charge in [-0.2, -0.15) is 0 Å². The summed E-state index contributed by atoms with van der Waals surface area (Å²) in [6, 6.07) is 23.6. The molecular weight excluding hydrogens is 336 g/mol. The van der Waals surface area contributed by atoms with Crippen molar-refractivity contribution in [3.63, 3.8) is 0 Å². The molecule has 136 valence electrons. The third-order valence-electron chi connectivity index (χ3n) is 4.75. The Morgan fingerprint density at radius 1 is 0.963 bits per heavy atom. The third kappa shape index (κ3) is 3.26. The van der Waals surface area contributed by atoms with Gasteiger partial charge in [-0.15, -0.1) is 0 Å². The number of ether oxygens (including phenoxy) is 1. The summed E-state index contributed by atoms with van der Waals surface area (Å²) in [4.78, 5) is 15.1.